The second-order valence-electron chi connectivity index (χ2n) is 4.56. The van der Waals surface area contributed by atoms with Crippen LogP contribution >= 0.6 is 0 Å². The van der Waals surface area contributed by atoms with Crippen molar-refractivity contribution in [1.82, 2.24) is 10.6 Å². The van der Waals surface area contributed by atoms with Crippen LogP contribution in [0, 0.1) is 11.8 Å². The Morgan fingerprint density at radius 2 is 2.43 bits per heavy atom. The molecule has 14 heavy (non-hydrogen) atoms. The van der Waals surface area contributed by atoms with Gasteiger partial charge in [0.15, 0.2) is 0 Å². The molecule has 1 saturated carbocycles. The van der Waals surface area contributed by atoms with Crippen molar-refractivity contribution in [2.45, 2.75) is 38.6 Å². The van der Waals surface area contributed by atoms with E-state index >= 15 is 0 Å². The fourth-order valence-corrected chi connectivity index (χ4v) is 2.30. The molecule has 0 aromatic carbocycles. The first kappa shape index (κ1) is 9.97. The van der Waals surface area contributed by atoms with Crippen LogP contribution in [0.4, 0.5) is 0 Å². The smallest absolute Gasteiger partial charge is 0.223 e. The molecule has 0 spiro atoms. The van der Waals surface area contributed by atoms with Crippen molar-refractivity contribution in [1.29, 1.82) is 0 Å². The normalized spacial score (nSPS) is 36.5. The molecule has 1 heterocycles. The molecule has 3 nitrogen and oxygen atoms in total. The summed E-state index contributed by atoms with van der Waals surface area (Å²) in [4.78, 5) is 11.7. The zero-order valence-corrected chi connectivity index (χ0v) is 8.88. The van der Waals surface area contributed by atoms with Crippen molar-refractivity contribution >= 4 is 5.91 Å². The number of piperidine rings is 1. The van der Waals surface area contributed by atoms with Crippen LogP contribution in [0.25, 0.3) is 0 Å². The number of rotatable bonds is 3. The van der Waals surface area contributed by atoms with Gasteiger partial charge in [-0.15, -0.1) is 0 Å². The number of nitrogens with one attached hydrogen (secondary N) is 2. The second kappa shape index (κ2) is 4.30. The highest BCUT2D eigenvalue weighted by molar-refractivity contribution is 5.81. The van der Waals surface area contributed by atoms with Crippen molar-refractivity contribution < 1.29 is 4.79 Å². The molecule has 0 aromatic rings. The molecule has 2 N–H and O–H groups in total. The molecule has 2 aliphatic rings. The van der Waals surface area contributed by atoms with E-state index in [1.165, 1.54) is 6.42 Å². The van der Waals surface area contributed by atoms with E-state index in [-0.39, 0.29) is 0 Å². The zero-order valence-electron chi connectivity index (χ0n) is 8.88. The van der Waals surface area contributed by atoms with Crippen LogP contribution in [0.3, 0.4) is 0 Å². The molecule has 1 amide bonds. The van der Waals surface area contributed by atoms with E-state index in [1.807, 2.05) is 0 Å². The highest BCUT2D eigenvalue weighted by atomic mass is 16.2. The highest BCUT2D eigenvalue weighted by Gasteiger charge is 2.41. The molecule has 3 heteroatoms. The van der Waals surface area contributed by atoms with Gasteiger partial charge < -0.3 is 10.6 Å². The van der Waals surface area contributed by atoms with E-state index in [4.69, 9.17) is 0 Å². The minimum atomic E-state index is 0.297. The van der Waals surface area contributed by atoms with Gasteiger partial charge in [-0.2, -0.15) is 0 Å². The molecule has 1 aliphatic carbocycles. The van der Waals surface area contributed by atoms with E-state index in [9.17, 15) is 4.79 Å². The van der Waals surface area contributed by atoms with Crippen molar-refractivity contribution in [2.24, 2.45) is 11.8 Å². The summed E-state index contributed by atoms with van der Waals surface area (Å²) in [5.41, 5.74) is 0. The van der Waals surface area contributed by atoms with Crippen LogP contribution in [-0.4, -0.2) is 25.0 Å². The van der Waals surface area contributed by atoms with Gasteiger partial charge >= 0.3 is 0 Å². The molecule has 2 fully saturated rings. The summed E-state index contributed by atoms with van der Waals surface area (Å²) in [6.07, 6.45) is 4.60. The van der Waals surface area contributed by atoms with Crippen LogP contribution in [0.1, 0.15) is 32.6 Å². The lowest BCUT2D eigenvalue weighted by Gasteiger charge is -2.23. The number of hydrogen-bond acceptors (Lipinski definition) is 2. The molecule has 0 aromatic heterocycles. The number of hydrogen-bond donors (Lipinski definition) is 2. The van der Waals surface area contributed by atoms with Crippen molar-refractivity contribution in [2.75, 3.05) is 13.1 Å². The molecule has 0 radical (unpaired) electrons. The quantitative estimate of drug-likeness (QED) is 0.704. The average Bonchev–Trinajstić information content (AvgIpc) is 2.98. The number of carbonyl (C=O) groups is 1. The second-order valence-corrected chi connectivity index (χ2v) is 4.56. The lowest BCUT2D eigenvalue weighted by molar-refractivity contribution is -0.123. The predicted molar refractivity (Wildman–Crippen MR) is 55.9 cm³/mol. The fraction of sp³-hybridized carbons (Fsp3) is 0.909. The Labute approximate surface area is 85.6 Å². The Bertz CT molecular complexity index is 211. The van der Waals surface area contributed by atoms with E-state index in [0.29, 0.717) is 23.8 Å². The van der Waals surface area contributed by atoms with Crippen molar-refractivity contribution in [3.05, 3.63) is 0 Å². The Morgan fingerprint density at radius 1 is 1.57 bits per heavy atom. The average molecular weight is 196 g/mol. The lowest BCUT2D eigenvalue weighted by atomic mass is 10.1. The molecule has 1 saturated heterocycles. The van der Waals surface area contributed by atoms with Gasteiger partial charge in [0.2, 0.25) is 5.91 Å². The first-order chi connectivity index (χ1) is 6.81. The summed E-state index contributed by atoms with van der Waals surface area (Å²) in [5, 5.41) is 6.45. The van der Waals surface area contributed by atoms with E-state index < -0.39 is 0 Å². The monoisotopic (exact) mass is 196 g/mol. The standard InChI is InChI=1S/C11H20N2O/c1-2-8-6-10(8)11(14)13-9-4-3-5-12-7-9/h8-10,12H,2-7H2,1H3,(H,13,14). The third-order valence-electron chi connectivity index (χ3n) is 3.43. The predicted octanol–water partition coefficient (Wildman–Crippen LogP) is 0.901. The summed E-state index contributed by atoms with van der Waals surface area (Å²) in [6, 6.07) is 0.384. The van der Waals surface area contributed by atoms with Crippen molar-refractivity contribution in [3.8, 4) is 0 Å². The van der Waals surface area contributed by atoms with Gasteiger partial charge in [-0.1, -0.05) is 13.3 Å². The maximum Gasteiger partial charge on any atom is 0.223 e. The van der Waals surface area contributed by atoms with Gasteiger partial charge in [0, 0.05) is 18.5 Å². The minimum Gasteiger partial charge on any atom is -0.352 e. The van der Waals surface area contributed by atoms with Gasteiger partial charge in [0.25, 0.3) is 0 Å². The highest BCUT2D eigenvalue weighted by Crippen LogP contribution is 2.41. The molecular weight excluding hydrogens is 176 g/mol. The van der Waals surface area contributed by atoms with Gasteiger partial charge in [0.1, 0.15) is 0 Å². The number of amides is 1. The summed E-state index contributed by atoms with van der Waals surface area (Å²) in [6.45, 7) is 4.22. The van der Waals surface area contributed by atoms with Gasteiger partial charge in [0.05, 0.1) is 0 Å². The summed E-state index contributed by atoms with van der Waals surface area (Å²) in [5.74, 6) is 1.30. The topological polar surface area (TPSA) is 41.1 Å². The van der Waals surface area contributed by atoms with Crippen molar-refractivity contribution in [3.63, 3.8) is 0 Å². The van der Waals surface area contributed by atoms with E-state index in [2.05, 4.69) is 17.6 Å². The molecule has 1 aliphatic heterocycles. The lowest BCUT2D eigenvalue weighted by Crippen LogP contribution is -2.46. The number of carbonyl (C=O) groups excluding carboxylic acids is 1. The van der Waals surface area contributed by atoms with E-state index in [1.54, 1.807) is 0 Å². The largest absolute Gasteiger partial charge is 0.352 e. The Hall–Kier alpha value is -0.570. The summed E-state index contributed by atoms with van der Waals surface area (Å²) in [7, 11) is 0. The SMILES string of the molecule is CCC1CC1C(=O)NC1CCCNC1. The minimum absolute atomic E-state index is 0.297. The molecule has 80 valence electrons. The van der Waals surface area contributed by atoms with Crippen LogP contribution < -0.4 is 10.6 Å². The first-order valence-corrected chi connectivity index (χ1v) is 5.82. The third-order valence-corrected chi connectivity index (χ3v) is 3.43. The van der Waals surface area contributed by atoms with Gasteiger partial charge in [-0.3, -0.25) is 4.79 Å². The summed E-state index contributed by atoms with van der Waals surface area (Å²) < 4.78 is 0. The fourth-order valence-electron chi connectivity index (χ4n) is 2.30. The third kappa shape index (κ3) is 2.27. The maximum atomic E-state index is 11.7. The van der Waals surface area contributed by atoms with Crippen LogP contribution in [0.15, 0.2) is 0 Å². The van der Waals surface area contributed by atoms with Gasteiger partial charge in [-0.25, -0.2) is 0 Å². The Balaban J connectivity index is 1.71. The van der Waals surface area contributed by atoms with Crippen LogP contribution in [0.2, 0.25) is 0 Å². The molecule has 2 rings (SSSR count). The Kier molecular flexibility index (Phi) is 3.06. The molecular formula is C11H20N2O. The van der Waals surface area contributed by atoms with Gasteiger partial charge in [-0.05, 0) is 31.7 Å². The first-order valence-electron chi connectivity index (χ1n) is 5.82. The summed E-state index contributed by atoms with van der Waals surface area (Å²) >= 11 is 0. The Morgan fingerprint density at radius 3 is 3.00 bits per heavy atom. The molecule has 3 unspecified atom stereocenters. The molecule has 3 atom stereocenters. The van der Waals surface area contributed by atoms with E-state index in [0.717, 1.165) is 32.4 Å². The maximum absolute atomic E-state index is 11.7. The molecule has 0 bridgehead atoms. The zero-order chi connectivity index (χ0) is 9.97. The van der Waals surface area contributed by atoms with Crippen LogP contribution in [0.5, 0.6) is 0 Å². The van der Waals surface area contributed by atoms with Crippen LogP contribution in [-0.2, 0) is 4.79 Å².